The van der Waals surface area contributed by atoms with Crippen molar-refractivity contribution in [3.8, 4) is 0 Å². The van der Waals surface area contributed by atoms with Gasteiger partial charge >= 0.3 is 0 Å². The van der Waals surface area contributed by atoms with Gasteiger partial charge < -0.3 is 0 Å². The van der Waals surface area contributed by atoms with Crippen LogP contribution in [0.1, 0.15) is 12.5 Å². The molecule has 0 aliphatic carbocycles. The maximum Gasteiger partial charge on any atom is 0.0423 e. The van der Waals surface area contributed by atoms with Crippen molar-refractivity contribution >= 4 is 32.2 Å². The fourth-order valence-corrected chi connectivity index (χ4v) is 3.14. The number of aryl methyl sites for hydroxylation is 1. The van der Waals surface area contributed by atoms with Gasteiger partial charge in [0.15, 0.2) is 0 Å². The van der Waals surface area contributed by atoms with Crippen LogP contribution < -0.4 is 0 Å². The van der Waals surface area contributed by atoms with E-state index in [4.69, 9.17) is 0 Å². The number of hydrogen-bond acceptors (Lipinski definition) is 1. The quantitative estimate of drug-likeness (QED) is 0.552. The molecule has 0 aliphatic rings. The summed E-state index contributed by atoms with van der Waals surface area (Å²) in [7, 11) is 0. The van der Waals surface area contributed by atoms with Gasteiger partial charge in [0.2, 0.25) is 0 Å². The average Bonchev–Trinajstić information content (AvgIpc) is 2.77. The molecule has 0 saturated carbocycles. The summed E-state index contributed by atoms with van der Waals surface area (Å²) in [6.45, 7) is 2.22. The molecule has 15 heavy (non-hydrogen) atoms. The van der Waals surface area contributed by atoms with Crippen LogP contribution in [0.4, 0.5) is 0 Å². The van der Waals surface area contributed by atoms with Crippen LogP contribution in [0.3, 0.4) is 0 Å². The predicted molar refractivity (Wildman–Crippen MR) is 68.7 cm³/mol. The lowest BCUT2D eigenvalue weighted by molar-refractivity contribution is 1.17. The molecule has 0 N–H and O–H groups in total. The summed E-state index contributed by atoms with van der Waals surface area (Å²) < 4.78 is 1.44. The fraction of sp³-hybridized carbons (Fsp3) is 0.143. The van der Waals surface area contributed by atoms with Crippen molar-refractivity contribution in [2.75, 3.05) is 0 Å². The lowest BCUT2D eigenvalue weighted by Gasteiger charge is -2.04. The highest BCUT2D eigenvalue weighted by molar-refractivity contribution is 7.18. The maximum absolute atomic E-state index is 2.32. The molecule has 0 fully saturated rings. The number of hydrogen-bond donors (Lipinski definition) is 0. The molecule has 1 heteroatoms. The van der Waals surface area contributed by atoms with E-state index in [9.17, 15) is 0 Å². The summed E-state index contributed by atoms with van der Waals surface area (Å²) in [5.74, 6) is 0. The number of fused-ring (bicyclic) bond motifs is 3. The fourth-order valence-electron chi connectivity index (χ4n) is 2.16. The van der Waals surface area contributed by atoms with Gasteiger partial charge in [0, 0.05) is 4.70 Å². The zero-order chi connectivity index (χ0) is 10.3. The van der Waals surface area contributed by atoms with Crippen LogP contribution in [0, 0.1) is 0 Å². The van der Waals surface area contributed by atoms with Crippen molar-refractivity contribution in [2.45, 2.75) is 13.3 Å². The van der Waals surface area contributed by atoms with E-state index in [1.54, 1.807) is 0 Å². The van der Waals surface area contributed by atoms with Crippen molar-refractivity contribution < 1.29 is 0 Å². The van der Waals surface area contributed by atoms with Crippen LogP contribution in [-0.4, -0.2) is 0 Å². The van der Waals surface area contributed by atoms with Crippen LogP contribution in [0.15, 0.2) is 41.8 Å². The van der Waals surface area contributed by atoms with E-state index in [1.807, 2.05) is 11.3 Å². The molecule has 3 rings (SSSR count). The Balaban J connectivity index is 2.57. The average molecular weight is 212 g/mol. The highest BCUT2D eigenvalue weighted by Crippen LogP contribution is 2.32. The molecule has 3 aromatic rings. The van der Waals surface area contributed by atoms with Crippen molar-refractivity contribution in [3.05, 3.63) is 47.3 Å². The molecule has 0 atom stereocenters. The normalized spacial score (nSPS) is 11.3. The predicted octanol–water partition coefficient (Wildman–Crippen LogP) is 4.62. The number of benzene rings is 2. The maximum atomic E-state index is 2.32. The highest BCUT2D eigenvalue weighted by Gasteiger charge is 2.05. The van der Waals surface area contributed by atoms with Gasteiger partial charge in [-0.25, -0.2) is 0 Å². The van der Waals surface area contributed by atoms with Crippen LogP contribution in [0.5, 0.6) is 0 Å². The summed E-state index contributed by atoms with van der Waals surface area (Å²) in [4.78, 5) is 0. The van der Waals surface area contributed by atoms with Gasteiger partial charge in [-0.15, -0.1) is 11.3 Å². The minimum atomic E-state index is 1.11. The van der Waals surface area contributed by atoms with Crippen molar-refractivity contribution in [2.24, 2.45) is 0 Å². The van der Waals surface area contributed by atoms with E-state index in [0.29, 0.717) is 0 Å². The Morgan fingerprint density at radius 1 is 1.07 bits per heavy atom. The van der Waals surface area contributed by atoms with Gasteiger partial charge in [-0.05, 0) is 39.6 Å². The van der Waals surface area contributed by atoms with Gasteiger partial charge in [-0.1, -0.05) is 37.3 Å². The third kappa shape index (κ3) is 1.27. The first-order chi connectivity index (χ1) is 7.40. The van der Waals surface area contributed by atoms with Crippen LogP contribution in [0.25, 0.3) is 20.9 Å². The van der Waals surface area contributed by atoms with E-state index in [1.165, 1.54) is 26.4 Å². The molecule has 0 amide bonds. The topological polar surface area (TPSA) is 0 Å². The summed E-state index contributed by atoms with van der Waals surface area (Å²) in [5, 5.41) is 6.38. The smallest absolute Gasteiger partial charge is 0.0423 e. The Hall–Kier alpha value is -1.34. The summed E-state index contributed by atoms with van der Waals surface area (Å²) in [5.41, 5.74) is 1.46. The first kappa shape index (κ1) is 8.93. The zero-order valence-corrected chi connectivity index (χ0v) is 9.47. The molecule has 1 aromatic heterocycles. The van der Waals surface area contributed by atoms with E-state index >= 15 is 0 Å². The third-order valence-electron chi connectivity index (χ3n) is 2.93. The van der Waals surface area contributed by atoms with E-state index in [2.05, 4.69) is 48.7 Å². The Morgan fingerprint density at radius 3 is 2.80 bits per heavy atom. The molecule has 0 spiro atoms. The molecule has 2 aromatic carbocycles. The molecule has 0 aliphatic heterocycles. The largest absolute Gasteiger partial charge is 0.143 e. The Morgan fingerprint density at radius 2 is 1.93 bits per heavy atom. The van der Waals surface area contributed by atoms with Crippen LogP contribution in [-0.2, 0) is 6.42 Å². The third-order valence-corrected chi connectivity index (χ3v) is 3.87. The minimum Gasteiger partial charge on any atom is -0.143 e. The van der Waals surface area contributed by atoms with Gasteiger partial charge in [-0.3, -0.25) is 0 Å². The van der Waals surface area contributed by atoms with Crippen LogP contribution in [0.2, 0.25) is 0 Å². The van der Waals surface area contributed by atoms with Crippen molar-refractivity contribution in [1.29, 1.82) is 0 Å². The molecular weight excluding hydrogens is 200 g/mol. The number of rotatable bonds is 1. The van der Waals surface area contributed by atoms with E-state index in [-0.39, 0.29) is 0 Å². The second kappa shape index (κ2) is 3.35. The van der Waals surface area contributed by atoms with E-state index in [0.717, 1.165) is 6.42 Å². The molecule has 0 unspecified atom stereocenters. The zero-order valence-electron chi connectivity index (χ0n) is 8.66. The Kier molecular flexibility index (Phi) is 2.00. The molecular formula is C14H12S. The van der Waals surface area contributed by atoms with Crippen molar-refractivity contribution in [1.82, 2.24) is 0 Å². The summed E-state index contributed by atoms with van der Waals surface area (Å²) >= 11 is 1.85. The second-order valence-corrected chi connectivity index (χ2v) is 4.69. The lowest BCUT2D eigenvalue weighted by Crippen LogP contribution is -1.82. The number of thiophene rings is 1. The van der Waals surface area contributed by atoms with Gasteiger partial charge in [-0.2, -0.15) is 0 Å². The Bertz CT molecular complexity index is 619. The van der Waals surface area contributed by atoms with Crippen LogP contribution >= 0.6 is 11.3 Å². The molecule has 0 radical (unpaired) electrons. The van der Waals surface area contributed by atoms with E-state index < -0.39 is 0 Å². The SMILES string of the molecule is CCc1cc2ccccc2c2sccc12. The molecule has 0 saturated heterocycles. The first-order valence-electron chi connectivity index (χ1n) is 5.28. The molecule has 0 nitrogen and oxygen atoms in total. The lowest BCUT2D eigenvalue weighted by atomic mass is 10.0. The highest BCUT2D eigenvalue weighted by atomic mass is 32.1. The standard InChI is InChI=1S/C14H12S/c1-2-10-9-11-5-3-4-6-12(11)14-13(10)7-8-15-14/h3-9H,2H2,1H3. The monoisotopic (exact) mass is 212 g/mol. The van der Waals surface area contributed by atoms with Crippen molar-refractivity contribution in [3.63, 3.8) is 0 Å². The van der Waals surface area contributed by atoms with Gasteiger partial charge in [0.05, 0.1) is 0 Å². The molecule has 0 bridgehead atoms. The summed E-state index contributed by atoms with van der Waals surface area (Å²) in [6.07, 6.45) is 1.11. The summed E-state index contributed by atoms with van der Waals surface area (Å²) in [6, 6.07) is 13.2. The second-order valence-electron chi connectivity index (χ2n) is 3.77. The molecule has 1 heterocycles. The van der Waals surface area contributed by atoms with Gasteiger partial charge in [0.1, 0.15) is 0 Å². The first-order valence-corrected chi connectivity index (χ1v) is 6.16. The van der Waals surface area contributed by atoms with Gasteiger partial charge in [0.25, 0.3) is 0 Å². The minimum absolute atomic E-state index is 1.11. The Labute approximate surface area is 93.2 Å². The molecule has 74 valence electrons.